The average Bonchev–Trinajstić information content (AvgIpc) is 3.09. The lowest BCUT2D eigenvalue weighted by Gasteiger charge is -2.08. The predicted molar refractivity (Wildman–Crippen MR) is 102 cm³/mol. The summed E-state index contributed by atoms with van der Waals surface area (Å²) in [6.45, 7) is 4.24. The van der Waals surface area contributed by atoms with E-state index in [4.69, 9.17) is 4.74 Å². The SMILES string of the molecule is CC(C)c1ccc(OCC(=O)Nc2nc(-c3ccccc3)cs2)cc1. The fraction of sp³-hybridized carbons (Fsp3) is 0.200. The van der Waals surface area contributed by atoms with Crippen LogP contribution in [0, 0.1) is 0 Å². The quantitative estimate of drug-likeness (QED) is 0.683. The van der Waals surface area contributed by atoms with Gasteiger partial charge in [-0.25, -0.2) is 4.98 Å². The van der Waals surface area contributed by atoms with Crippen LogP contribution in [0.25, 0.3) is 11.3 Å². The molecule has 1 amide bonds. The summed E-state index contributed by atoms with van der Waals surface area (Å²) in [5.41, 5.74) is 3.12. The van der Waals surface area contributed by atoms with E-state index in [1.807, 2.05) is 60.0 Å². The Morgan fingerprint density at radius 3 is 2.52 bits per heavy atom. The molecule has 0 unspecified atom stereocenters. The van der Waals surface area contributed by atoms with Crippen molar-refractivity contribution in [1.29, 1.82) is 0 Å². The van der Waals surface area contributed by atoms with Crippen LogP contribution in [0.15, 0.2) is 60.0 Å². The molecule has 3 rings (SSSR count). The third-order valence-corrected chi connectivity index (χ3v) is 4.49. The van der Waals surface area contributed by atoms with E-state index >= 15 is 0 Å². The van der Waals surface area contributed by atoms with Crippen LogP contribution < -0.4 is 10.1 Å². The predicted octanol–water partition coefficient (Wildman–Crippen LogP) is 4.95. The number of thiazole rings is 1. The first-order chi connectivity index (χ1) is 12.1. The molecule has 0 fully saturated rings. The number of hydrogen-bond acceptors (Lipinski definition) is 4. The van der Waals surface area contributed by atoms with Gasteiger partial charge in [-0.05, 0) is 23.6 Å². The summed E-state index contributed by atoms with van der Waals surface area (Å²) >= 11 is 1.40. The van der Waals surface area contributed by atoms with Crippen molar-refractivity contribution in [1.82, 2.24) is 4.98 Å². The van der Waals surface area contributed by atoms with Crippen LogP contribution in [0.3, 0.4) is 0 Å². The van der Waals surface area contributed by atoms with Crippen LogP contribution in [0.1, 0.15) is 25.3 Å². The largest absolute Gasteiger partial charge is 0.484 e. The molecule has 25 heavy (non-hydrogen) atoms. The number of carbonyl (C=O) groups excluding carboxylic acids is 1. The van der Waals surface area contributed by atoms with E-state index in [9.17, 15) is 4.79 Å². The molecule has 2 aromatic carbocycles. The second kappa shape index (κ2) is 7.94. The molecular weight excluding hydrogens is 332 g/mol. The Labute approximate surface area is 151 Å². The van der Waals surface area contributed by atoms with Gasteiger partial charge in [0.25, 0.3) is 5.91 Å². The number of hydrogen-bond donors (Lipinski definition) is 1. The van der Waals surface area contributed by atoms with Crippen molar-refractivity contribution < 1.29 is 9.53 Å². The molecule has 0 aliphatic rings. The summed E-state index contributed by atoms with van der Waals surface area (Å²) in [7, 11) is 0. The van der Waals surface area contributed by atoms with Gasteiger partial charge in [-0.1, -0.05) is 56.3 Å². The van der Waals surface area contributed by atoms with Crippen LogP contribution >= 0.6 is 11.3 Å². The summed E-state index contributed by atoms with van der Waals surface area (Å²) in [5, 5.41) is 5.27. The van der Waals surface area contributed by atoms with Gasteiger partial charge in [-0.15, -0.1) is 11.3 Å². The number of ether oxygens (including phenoxy) is 1. The number of anilines is 1. The van der Waals surface area contributed by atoms with E-state index in [1.54, 1.807) is 0 Å². The molecule has 1 N–H and O–H groups in total. The van der Waals surface area contributed by atoms with Crippen molar-refractivity contribution in [3.05, 3.63) is 65.5 Å². The van der Waals surface area contributed by atoms with E-state index < -0.39 is 0 Å². The minimum absolute atomic E-state index is 0.0404. The monoisotopic (exact) mass is 352 g/mol. The topological polar surface area (TPSA) is 51.2 Å². The maximum atomic E-state index is 12.0. The number of carbonyl (C=O) groups is 1. The van der Waals surface area contributed by atoms with Gasteiger partial charge in [-0.3, -0.25) is 10.1 Å². The Morgan fingerprint density at radius 2 is 1.84 bits per heavy atom. The van der Waals surface area contributed by atoms with Crippen LogP contribution in [-0.2, 0) is 4.79 Å². The molecule has 0 bridgehead atoms. The number of nitrogens with zero attached hydrogens (tertiary/aromatic N) is 1. The van der Waals surface area contributed by atoms with Crippen LogP contribution in [0.5, 0.6) is 5.75 Å². The Balaban J connectivity index is 1.53. The van der Waals surface area contributed by atoms with E-state index in [-0.39, 0.29) is 12.5 Å². The lowest BCUT2D eigenvalue weighted by molar-refractivity contribution is -0.118. The second-order valence-corrected chi connectivity index (χ2v) is 6.82. The molecule has 1 aromatic heterocycles. The maximum Gasteiger partial charge on any atom is 0.264 e. The summed E-state index contributed by atoms with van der Waals surface area (Å²) in [4.78, 5) is 16.5. The summed E-state index contributed by atoms with van der Waals surface area (Å²) in [5.74, 6) is 0.937. The van der Waals surface area contributed by atoms with E-state index in [2.05, 4.69) is 24.1 Å². The molecule has 0 saturated heterocycles. The number of rotatable bonds is 6. The molecule has 0 aliphatic carbocycles. The molecule has 1 heterocycles. The summed E-state index contributed by atoms with van der Waals surface area (Å²) < 4.78 is 5.53. The Bertz CT molecular complexity index is 826. The lowest BCUT2D eigenvalue weighted by atomic mass is 10.0. The zero-order valence-electron chi connectivity index (χ0n) is 14.2. The van der Waals surface area contributed by atoms with Crippen LogP contribution in [0.4, 0.5) is 5.13 Å². The highest BCUT2D eigenvalue weighted by Gasteiger charge is 2.09. The minimum Gasteiger partial charge on any atom is -0.484 e. The normalized spacial score (nSPS) is 10.7. The Morgan fingerprint density at radius 1 is 1.12 bits per heavy atom. The third-order valence-electron chi connectivity index (χ3n) is 3.74. The molecule has 0 saturated carbocycles. The van der Waals surface area contributed by atoms with E-state index in [0.717, 1.165) is 11.3 Å². The van der Waals surface area contributed by atoms with Gasteiger partial charge >= 0.3 is 0 Å². The fourth-order valence-corrected chi connectivity index (χ4v) is 3.06. The molecular formula is C20H20N2O2S. The lowest BCUT2D eigenvalue weighted by Crippen LogP contribution is -2.20. The first-order valence-corrected chi connectivity index (χ1v) is 9.03. The van der Waals surface area contributed by atoms with E-state index in [1.165, 1.54) is 16.9 Å². The molecule has 4 nitrogen and oxygen atoms in total. The standard InChI is InChI=1S/C20H20N2O2S/c1-14(2)15-8-10-17(11-9-15)24-12-19(23)22-20-21-18(13-25-20)16-6-4-3-5-7-16/h3-11,13-14H,12H2,1-2H3,(H,21,22,23). The highest BCUT2D eigenvalue weighted by atomic mass is 32.1. The molecule has 0 radical (unpaired) electrons. The maximum absolute atomic E-state index is 12.0. The molecule has 0 spiro atoms. The number of amides is 1. The molecule has 0 aliphatic heterocycles. The van der Waals surface area contributed by atoms with Gasteiger partial charge in [0.2, 0.25) is 0 Å². The van der Waals surface area contributed by atoms with Crippen molar-refractivity contribution in [2.45, 2.75) is 19.8 Å². The number of benzene rings is 2. The summed E-state index contributed by atoms with van der Waals surface area (Å²) in [6, 6.07) is 17.7. The van der Waals surface area contributed by atoms with Crippen molar-refractivity contribution in [3.63, 3.8) is 0 Å². The Kier molecular flexibility index (Phi) is 5.46. The molecule has 128 valence electrons. The first-order valence-electron chi connectivity index (χ1n) is 8.15. The van der Waals surface area contributed by atoms with Gasteiger partial charge in [0.15, 0.2) is 11.7 Å². The highest BCUT2D eigenvalue weighted by molar-refractivity contribution is 7.14. The van der Waals surface area contributed by atoms with Gasteiger partial charge < -0.3 is 4.74 Å². The van der Waals surface area contributed by atoms with Gasteiger partial charge in [0.05, 0.1) is 5.69 Å². The molecule has 3 aromatic rings. The minimum atomic E-state index is -0.220. The van der Waals surface area contributed by atoms with Crippen molar-refractivity contribution in [2.24, 2.45) is 0 Å². The van der Waals surface area contributed by atoms with Crippen molar-refractivity contribution >= 4 is 22.4 Å². The molecule has 5 heteroatoms. The summed E-state index contributed by atoms with van der Waals surface area (Å²) in [6.07, 6.45) is 0. The van der Waals surface area contributed by atoms with Gasteiger partial charge in [-0.2, -0.15) is 0 Å². The van der Waals surface area contributed by atoms with Crippen molar-refractivity contribution in [2.75, 3.05) is 11.9 Å². The zero-order chi connectivity index (χ0) is 17.6. The van der Waals surface area contributed by atoms with Crippen molar-refractivity contribution in [3.8, 4) is 17.0 Å². The van der Waals surface area contributed by atoms with Gasteiger partial charge in [0, 0.05) is 10.9 Å². The van der Waals surface area contributed by atoms with Crippen LogP contribution in [0.2, 0.25) is 0 Å². The Hall–Kier alpha value is -2.66. The molecule has 0 atom stereocenters. The zero-order valence-corrected chi connectivity index (χ0v) is 15.0. The number of aromatic nitrogens is 1. The first kappa shape index (κ1) is 17.2. The van der Waals surface area contributed by atoms with E-state index in [0.29, 0.717) is 16.8 Å². The smallest absolute Gasteiger partial charge is 0.264 e. The van der Waals surface area contributed by atoms with Crippen LogP contribution in [-0.4, -0.2) is 17.5 Å². The van der Waals surface area contributed by atoms with Gasteiger partial charge in [0.1, 0.15) is 5.75 Å². The highest BCUT2D eigenvalue weighted by Crippen LogP contribution is 2.24. The number of nitrogens with one attached hydrogen (secondary N) is 1. The average molecular weight is 352 g/mol. The second-order valence-electron chi connectivity index (χ2n) is 5.96. The third kappa shape index (κ3) is 4.67. The fourth-order valence-electron chi connectivity index (χ4n) is 2.33.